The summed E-state index contributed by atoms with van der Waals surface area (Å²) in [6.07, 6.45) is 2.79. The lowest BCUT2D eigenvalue weighted by Crippen LogP contribution is -2.26. The second kappa shape index (κ2) is 10.2. The van der Waals surface area contributed by atoms with Crippen LogP contribution in [-0.4, -0.2) is 23.5 Å². The van der Waals surface area contributed by atoms with Crippen molar-refractivity contribution in [3.63, 3.8) is 0 Å². The van der Waals surface area contributed by atoms with Gasteiger partial charge in [0.2, 0.25) is 0 Å². The Morgan fingerprint density at radius 2 is 1.79 bits per heavy atom. The van der Waals surface area contributed by atoms with Gasteiger partial charge in [-0.25, -0.2) is 0 Å². The van der Waals surface area contributed by atoms with Crippen molar-refractivity contribution in [2.75, 3.05) is 0 Å². The number of Topliss-reactive ketones (excluding diaryl/α,β-unsaturated/α-hetero) is 1. The monoisotopic (exact) mass is 334 g/mol. The van der Waals surface area contributed by atoms with Gasteiger partial charge in [-0.05, 0) is 32.8 Å². The lowest BCUT2D eigenvalue weighted by molar-refractivity contribution is -0.156. The second-order valence-electron chi connectivity index (χ2n) is 7.07. The molecule has 1 aromatic carbocycles. The van der Waals surface area contributed by atoms with E-state index in [1.54, 1.807) is 20.8 Å². The van der Waals surface area contributed by atoms with Gasteiger partial charge >= 0.3 is 5.97 Å². The zero-order valence-electron chi connectivity index (χ0n) is 15.3. The van der Waals surface area contributed by atoms with E-state index in [0.717, 1.165) is 24.8 Å². The van der Waals surface area contributed by atoms with Crippen LogP contribution in [0.15, 0.2) is 30.3 Å². The van der Waals surface area contributed by atoms with E-state index in [2.05, 4.69) is 6.92 Å². The Morgan fingerprint density at radius 1 is 1.12 bits per heavy atom. The first-order valence-electron chi connectivity index (χ1n) is 8.69. The molecule has 0 bridgehead atoms. The number of esters is 1. The molecule has 0 aliphatic heterocycles. The highest BCUT2D eigenvalue weighted by Crippen LogP contribution is 2.15. The quantitative estimate of drug-likeness (QED) is 0.468. The number of carbonyl (C=O) groups is 2. The molecule has 24 heavy (non-hydrogen) atoms. The third kappa shape index (κ3) is 9.46. The van der Waals surface area contributed by atoms with Crippen LogP contribution in [0.1, 0.15) is 65.4 Å². The lowest BCUT2D eigenvalue weighted by atomic mass is 10.0. The summed E-state index contributed by atoms with van der Waals surface area (Å²) in [7, 11) is 0. The first-order valence-corrected chi connectivity index (χ1v) is 8.69. The van der Waals surface area contributed by atoms with Gasteiger partial charge < -0.3 is 9.47 Å². The molecule has 0 aromatic heterocycles. The van der Waals surface area contributed by atoms with E-state index < -0.39 is 11.6 Å². The van der Waals surface area contributed by atoms with Gasteiger partial charge in [-0.3, -0.25) is 9.59 Å². The molecule has 0 aliphatic rings. The summed E-state index contributed by atoms with van der Waals surface area (Å²) in [5.74, 6) is -0.594. The van der Waals surface area contributed by atoms with Crippen molar-refractivity contribution < 1.29 is 19.1 Å². The van der Waals surface area contributed by atoms with Gasteiger partial charge in [0.1, 0.15) is 17.8 Å². The average Bonchev–Trinajstić information content (AvgIpc) is 2.49. The van der Waals surface area contributed by atoms with E-state index in [1.165, 1.54) is 0 Å². The maximum Gasteiger partial charge on any atom is 0.313 e. The fourth-order valence-electron chi connectivity index (χ4n) is 2.33. The number of ether oxygens (including phenoxy) is 2. The zero-order valence-corrected chi connectivity index (χ0v) is 15.3. The van der Waals surface area contributed by atoms with Crippen molar-refractivity contribution in [3.05, 3.63) is 35.9 Å². The van der Waals surface area contributed by atoms with Crippen molar-refractivity contribution in [2.24, 2.45) is 0 Å². The smallest absolute Gasteiger partial charge is 0.313 e. The Kier molecular flexibility index (Phi) is 8.69. The number of hydrogen-bond donors (Lipinski definition) is 0. The average molecular weight is 334 g/mol. The van der Waals surface area contributed by atoms with Crippen molar-refractivity contribution in [3.8, 4) is 0 Å². The van der Waals surface area contributed by atoms with Crippen LogP contribution in [0.5, 0.6) is 0 Å². The molecule has 0 aliphatic carbocycles. The maximum absolute atomic E-state index is 12.1. The van der Waals surface area contributed by atoms with E-state index in [4.69, 9.17) is 9.47 Å². The van der Waals surface area contributed by atoms with Crippen molar-refractivity contribution >= 4 is 11.8 Å². The first-order chi connectivity index (χ1) is 11.3. The molecule has 0 saturated carbocycles. The molecule has 1 aromatic rings. The highest BCUT2D eigenvalue weighted by atomic mass is 16.6. The predicted octanol–water partition coefficient (Wildman–Crippen LogP) is 4.45. The molecule has 0 heterocycles. The molecule has 0 fully saturated rings. The summed E-state index contributed by atoms with van der Waals surface area (Å²) in [6, 6.07) is 9.89. The van der Waals surface area contributed by atoms with Crippen LogP contribution in [0.2, 0.25) is 0 Å². The third-order valence-electron chi connectivity index (χ3n) is 3.43. The molecule has 0 N–H and O–H groups in total. The molecule has 0 unspecified atom stereocenters. The van der Waals surface area contributed by atoms with Crippen molar-refractivity contribution in [1.29, 1.82) is 0 Å². The van der Waals surface area contributed by atoms with Crippen LogP contribution in [0.3, 0.4) is 0 Å². The molecule has 0 spiro atoms. The largest absolute Gasteiger partial charge is 0.460 e. The van der Waals surface area contributed by atoms with Gasteiger partial charge in [-0.1, -0.05) is 50.1 Å². The number of ketones is 1. The topological polar surface area (TPSA) is 52.6 Å². The van der Waals surface area contributed by atoms with Crippen LogP contribution in [0.25, 0.3) is 0 Å². The Balaban J connectivity index is 2.48. The fourth-order valence-corrected chi connectivity index (χ4v) is 2.33. The minimum Gasteiger partial charge on any atom is -0.460 e. The van der Waals surface area contributed by atoms with Crippen LogP contribution in [0.4, 0.5) is 0 Å². The maximum atomic E-state index is 12.1. The molecule has 0 amide bonds. The summed E-state index contributed by atoms with van der Waals surface area (Å²) >= 11 is 0. The van der Waals surface area contributed by atoms with Gasteiger partial charge in [0, 0.05) is 6.42 Å². The molecule has 0 saturated heterocycles. The molecule has 1 rings (SSSR count). The van der Waals surface area contributed by atoms with Crippen molar-refractivity contribution in [2.45, 2.75) is 78.1 Å². The van der Waals surface area contributed by atoms with E-state index >= 15 is 0 Å². The highest BCUT2D eigenvalue weighted by molar-refractivity contribution is 5.95. The summed E-state index contributed by atoms with van der Waals surface area (Å²) in [5.41, 5.74) is 0.515. The van der Waals surface area contributed by atoms with Gasteiger partial charge in [-0.15, -0.1) is 0 Å². The summed E-state index contributed by atoms with van der Waals surface area (Å²) < 4.78 is 11.1. The molecule has 4 heteroatoms. The van der Waals surface area contributed by atoms with Crippen LogP contribution in [-0.2, 0) is 25.7 Å². The van der Waals surface area contributed by atoms with Gasteiger partial charge in [0.05, 0.1) is 12.7 Å². The number of benzene rings is 1. The van der Waals surface area contributed by atoms with Gasteiger partial charge in [0.15, 0.2) is 0 Å². The summed E-state index contributed by atoms with van der Waals surface area (Å²) in [6.45, 7) is 7.97. The van der Waals surface area contributed by atoms with Crippen molar-refractivity contribution in [1.82, 2.24) is 0 Å². The molecule has 134 valence electrons. The van der Waals surface area contributed by atoms with Gasteiger partial charge in [0.25, 0.3) is 0 Å². The molecule has 4 nitrogen and oxygen atoms in total. The third-order valence-corrected chi connectivity index (χ3v) is 3.43. The summed E-state index contributed by atoms with van der Waals surface area (Å²) in [4.78, 5) is 23.9. The molecular weight excluding hydrogens is 304 g/mol. The fraction of sp³-hybridized carbons (Fsp3) is 0.600. The first kappa shape index (κ1) is 20.4. The van der Waals surface area contributed by atoms with E-state index in [-0.39, 0.29) is 24.7 Å². The molecule has 0 radical (unpaired) electrons. The zero-order chi connectivity index (χ0) is 18.0. The van der Waals surface area contributed by atoms with E-state index in [1.807, 2.05) is 30.3 Å². The van der Waals surface area contributed by atoms with E-state index in [0.29, 0.717) is 6.61 Å². The Morgan fingerprint density at radius 3 is 2.38 bits per heavy atom. The standard InChI is InChI=1S/C20H30O4/c1-5-6-12-18(23-15-16-10-8-7-9-11-16)13-17(21)14-19(22)24-20(2,3)4/h7-11,18H,5-6,12-15H2,1-4H3/t18-/m0/s1. The number of rotatable bonds is 10. The minimum absolute atomic E-state index is 0.126. The van der Waals surface area contributed by atoms with Crippen LogP contribution in [0, 0.1) is 0 Å². The number of hydrogen-bond acceptors (Lipinski definition) is 4. The number of unbranched alkanes of at least 4 members (excludes halogenated alkanes) is 1. The predicted molar refractivity (Wildman–Crippen MR) is 94.6 cm³/mol. The lowest BCUT2D eigenvalue weighted by Gasteiger charge is -2.20. The van der Waals surface area contributed by atoms with Crippen LogP contribution < -0.4 is 0 Å². The Labute approximate surface area is 145 Å². The highest BCUT2D eigenvalue weighted by Gasteiger charge is 2.21. The molecular formula is C20H30O4. The minimum atomic E-state index is -0.567. The summed E-state index contributed by atoms with van der Waals surface area (Å²) in [5, 5.41) is 0. The number of carbonyl (C=O) groups excluding carboxylic acids is 2. The van der Waals surface area contributed by atoms with Crippen LogP contribution >= 0.6 is 0 Å². The Bertz CT molecular complexity index is 502. The molecule has 1 atom stereocenters. The van der Waals surface area contributed by atoms with E-state index in [9.17, 15) is 9.59 Å². The van der Waals surface area contributed by atoms with Gasteiger partial charge in [-0.2, -0.15) is 0 Å². The normalized spacial score (nSPS) is 12.7. The SMILES string of the molecule is CCCC[C@@H](CC(=O)CC(=O)OC(C)(C)C)OCc1ccccc1. The second-order valence-corrected chi connectivity index (χ2v) is 7.07. The Hall–Kier alpha value is -1.68.